The van der Waals surface area contributed by atoms with Crippen LogP contribution in [0.3, 0.4) is 0 Å². The molecule has 1 aliphatic rings. The molecule has 1 aromatic carbocycles. The predicted molar refractivity (Wildman–Crippen MR) is 110 cm³/mol. The number of carboxylic acids is 1. The van der Waals surface area contributed by atoms with E-state index in [0.29, 0.717) is 15.6 Å². The van der Waals surface area contributed by atoms with Crippen LogP contribution in [0.15, 0.2) is 35.2 Å². The molecule has 1 saturated heterocycles. The fourth-order valence-corrected chi connectivity index (χ4v) is 3.87. The number of amides is 2. The standard InChI is InChI=1S/C19H22N2O4S2/c1-12(2)10-14(18(24)25)20-16(22)8-9-21-17(23)15(27-19(21)26)11-13-6-4-3-5-7-13/h3-7,11-12,14H,8-10H2,1-2H3,(H,20,22)(H,24,25)/b15-11+/t14-/m0/s1. The van der Waals surface area contributed by atoms with Gasteiger partial charge in [-0.2, -0.15) is 0 Å². The van der Waals surface area contributed by atoms with Crippen LogP contribution in [0.2, 0.25) is 0 Å². The fraction of sp³-hybridized carbons (Fsp3) is 0.368. The SMILES string of the molecule is CC(C)C[C@H](NC(=O)CCN1C(=O)/C(=C\c2ccccc2)SC1=S)C(=O)O. The molecule has 144 valence electrons. The van der Waals surface area contributed by atoms with Gasteiger partial charge in [0.05, 0.1) is 4.91 Å². The average Bonchev–Trinajstić information content (AvgIpc) is 2.86. The molecule has 1 heterocycles. The predicted octanol–water partition coefficient (Wildman–Crippen LogP) is 2.89. The Morgan fingerprint density at radius 2 is 1.96 bits per heavy atom. The Morgan fingerprint density at radius 1 is 1.30 bits per heavy atom. The van der Waals surface area contributed by atoms with Crippen LogP contribution in [-0.2, 0) is 14.4 Å². The van der Waals surface area contributed by atoms with E-state index in [1.54, 1.807) is 6.08 Å². The summed E-state index contributed by atoms with van der Waals surface area (Å²) in [5.74, 6) is -1.57. The number of hydrogen-bond donors (Lipinski definition) is 2. The molecule has 0 aliphatic carbocycles. The highest BCUT2D eigenvalue weighted by molar-refractivity contribution is 8.26. The Hall–Kier alpha value is -2.19. The van der Waals surface area contributed by atoms with Crippen LogP contribution in [-0.4, -0.2) is 44.7 Å². The van der Waals surface area contributed by atoms with Crippen LogP contribution in [0.5, 0.6) is 0 Å². The van der Waals surface area contributed by atoms with Crippen LogP contribution in [0, 0.1) is 5.92 Å². The highest BCUT2D eigenvalue weighted by Gasteiger charge is 2.32. The summed E-state index contributed by atoms with van der Waals surface area (Å²) < 4.78 is 0.395. The second-order valence-corrected chi connectivity index (χ2v) is 8.26. The molecule has 2 rings (SSSR count). The van der Waals surface area contributed by atoms with Crippen molar-refractivity contribution >= 4 is 52.2 Å². The maximum atomic E-state index is 12.5. The number of rotatable bonds is 8. The summed E-state index contributed by atoms with van der Waals surface area (Å²) in [6, 6.07) is 8.51. The van der Waals surface area contributed by atoms with Crippen molar-refractivity contribution in [2.45, 2.75) is 32.7 Å². The molecular weight excluding hydrogens is 384 g/mol. The van der Waals surface area contributed by atoms with Gasteiger partial charge in [-0.25, -0.2) is 4.79 Å². The lowest BCUT2D eigenvalue weighted by Crippen LogP contribution is -2.43. The quantitative estimate of drug-likeness (QED) is 0.510. The number of carbonyl (C=O) groups excluding carboxylic acids is 2. The number of nitrogens with zero attached hydrogens (tertiary/aromatic N) is 1. The van der Waals surface area contributed by atoms with Crippen molar-refractivity contribution in [3.05, 3.63) is 40.8 Å². The molecule has 0 unspecified atom stereocenters. The second kappa shape index (κ2) is 9.66. The third-order valence-corrected chi connectivity index (χ3v) is 5.25. The van der Waals surface area contributed by atoms with Crippen molar-refractivity contribution in [2.24, 2.45) is 5.92 Å². The number of thioether (sulfide) groups is 1. The summed E-state index contributed by atoms with van der Waals surface area (Å²) in [6.45, 7) is 3.90. The van der Waals surface area contributed by atoms with E-state index in [1.165, 1.54) is 16.7 Å². The van der Waals surface area contributed by atoms with Gasteiger partial charge in [0.1, 0.15) is 10.4 Å². The van der Waals surface area contributed by atoms with Crippen LogP contribution in [0.1, 0.15) is 32.3 Å². The van der Waals surface area contributed by atoms with Gasteiger partial charge in [-0.3, -0.25) is 14.5 Å². The number of benzene rings is 1. The van der Waals surface area contributed by atoms with Crippen molar-refractivity contribution in [1.29, 1.82) is 0 Å². The Balaban J connectivity index is 1.94. The number of carboxylic acid groups (broad SMARTS) is 1. The summed E-state index contributed by atoms with van der Waals surface area (Å²) in [4.78, 5) is 37.8. The van der Waals surface area contributed by atoms with Crippen LogP contribution in [0.4, 0.5) is 0 Å². The molecule has 0 aromatic heterocycles. The average molecular weight is 407 g/mol. The topological polar surface area (TPSA) is 86.7 Å². The highest BCUT2D eigenvalue weighted by Crippen LogP contribution is 2.32. The molecule has 0 spiro atoms. The number of aliphatic carboxylic acids is 1. The molecular formula is C19H22N2O4S2. The van der Waals surface area contributed by atoms with Crippen molar-refractivity contribution in [2.75, 3.05) is 6.54 Å². The Labute approximate surface area is 168 Å². The van der Waals surface area contributed by atoms with Crippen LogP contribution >= 0.6 is 24.0 Å². The normalized spacial score (nSPS) is 16.9. The van der Waals surface area contributed by atoms with Crippen molar-refractivity contribution in [3.63, 3.8) is 0 Å². The Morgan fingerprint density at radius 3 is 2.56 bits per heavy atom. The van der Waals surface area contributed by atoms with Gasteiger partial charge in [-0.05, 0) is 24.0 Å². The third-order valence-electron chi connectivity index (χ3n) is 3.87. The molecule has 0 bridgehead atoms. The summed E-state index contributed by atoms with van der Waals surface area (Å²) >= 11 is 6.45. The summed E-state index contributed by atoms with van der Waals surface area (Å²) in [7, 11) is 0. The maximum Gasteiger partial charge on any atom is 0.326 e. The third kappa shape index (κ3) is 6.18. The summed E-state index contributed by atoms with van der Waals surface area (Å²) in [5, 5.41) is 11.7. The lowest BCUT2D eigenvalue weighted by molar-refractivity contribution is -0.142. The van der Waals surface area contributed by atoms with E-state index in [2.05, 4.69) is 5.32 Å². The minimum atomic E-state index is -1.06. The molecule has 8 heteroatoms. The lowest BCUT2D eigenvalue weighted by Gasteiger charge is -2.18. The van der Waals surface area contributed by atoms with Crippen LogP contribution in [0.25, 0.3) is 6.08 Å². The first kappa shape index (κ1) is 21.1. The monoisotopic (exact) mass is 406 g/mol. The largest absolute Gasteiger partial charge is 0.480 e. The van der Waals surface area contributed by atoms with Crippen molar-refractivity contribution in [1.82, 2.24) is 10.2 Å². The van der Waals surface area contributed by atoms with Crippen molar-refractivity contribution in [3.8, 4) is 0 Å². The zero-order valence-corrected chi connectivity index (χ0v) is 16.8. The first-order valence-corrected chi connectivity index (χ1v) is 9.83. The van der Waals surface area contributed by atoms with Crippen LogP contribution < -0.4 is 5.32 Å². The van der Waals surface area contributed by atoms with E-state index in [1.807, 2.05) is 44.2 Å². The molecule has 1 aliphatic heterocycles. The molecule has 1 aromatic rings. The molecule has 0 saturated carbocycles. The fourth-order valence-electron chi connectivity index (χ4n) is 2.57. The molecule has 6 nitrogen and oxygen atoms in total. The minimum Gasteiger partial charge on any atom is -0.480 e. The van der Waals surface area contributed by atoms with Gasteiger partial charge in [0.2, 0.25) is 5.91 Å². The van der Waals surface area contributed by atoms with E-state index < -0.39 is 17.9 Å². The van der Waals surface area contributed by atoms with Gasteiger partial charge in [0, 0.05) is 13.0 Å². The second-order valence-electron chi connectivity index (χ2n) is 6.58. The molecule has 2 amide bonds. The number of hydrogen-bond acceptors (Lipinski definition) is 5. The molecule has 0 radical (unpaired) electrons. The lowest BCUT2D eigenvalue weighted by atomic mass is 10.0. The number of thiocarbonyl (C=S) groups is 1. The van der Waals surface area contributed by atoms with Gasteiger partial charge in [0.25, 0.3) is 5.91 Å². The van der Waals surface area contributed by atoms with Gasteiger partial charge >= 0.3 is 5.97 Å². The molecule has 2 N–H and O–H groups in total. The van der Waals surface area contributed by atoms with Crippen molar-refractivity contribution < 1.29 is 19.5 Å². The maximum absolute atomic E-state index is 12.5. The van der Waals surface area contributed by atoms with Gasteiger partial charge in [-0.1, -0.05) is 68.2 Å². The zero-order chi connectivity index (χ0) is 20.0. The van der Waals surface area contributed by atoms with E-state index in [-0.39, 0.29) is 24.8 Å². The summed E-state index contributed by atoms with van der Waals surface area (Å²) in [6.07, 6.45) is 2.11. The van der Waals surface area contributed by atoms with Gasteiger partial charge in [0.15, 0.2) is 0 Å². The minimum absolute atomic E-state index is 0.00701. The Kier molecular flexibility index (Phi) is 7.55. The number of nitrogens with one attached hydrogen (secondary N) is 1. The Bertz CT molecular complexity index is 762. The molecule has 1 atom stereocenters. The van der Waals surface area contributed by atoms with Gasteiger partial charge in [-0.15, -0.1) is 0 Å². The highest BCUT2D eigenvalue weighted by atomic mass is 32.2. The van der Waals surface area contributed by atoms with E-state index >= 15 is 0 Å². The summed E-state index contributed by atoms with van der Waals surface area (Å²) in [5.41, 5.74) is 0.897. The first-order valence-electron chi connectivity index (χ1n) is 8.60. The first-order chi connectivity index (χ1) is 12.8. The van der Waals surface area contributed by atoms with Gasteiger partial charge < -0.3 is 10.4 Å². The van der Waals surface area contributed by atoms with E-state index in [4.69, 9.17) is 12.2 Å². The smallest absolute Gasteiger partial charge is 0.326 e. The van der Waals surface area contributed by atoms with E-state index in [0.717, 1.165) is 5.56 Å². The number of carbonyl (C=O) groups is 3. The molecule has 1 fully saturated rings. The molecule has 27 heavy (non-hydrogen) atoms. The zero-order valence-electron chi connectivity index (χ0n) is 15.2. The van der Waals surface area contributed by atoms with E-state index in [9.17, 15) is 19.5 Å².